The van der Waals surface area contributed by atoms with E-state index in [1.807, 2.05) is 0 Å². The molecule has 2 heterocycles. The molecule has 126 valence electrons. The van der Waals surface area contributed by atoms with Gasteiger partial charge in [0.2, 0.25) is 0 Å². The van der Waals surface area contributed by atoms with Crippen LogP contribution in [0.1, 0.15) is 36.7 Å². The summed E-state index contributed by atoms with van der Waals surface area (Å²) in [7, 11) is 0. The molecular weight excluding hydrogens is 346 g/mol. The molecule has 3 aromatic rings. The molecule has 3 rings (SSSR count). The molecular formula is C18H18F2N2S2. The molecule has 0 aliphatic carbocycles. The van der Waals surface area contributed by atoms with Gasteiger partial charge in [0.05, 0.1) is 19.8 Å². The van der Waals surface area contributed by atoms with Crippen LogP contribution in [0.2, 0.25) is 0 Å². The molecule has 0 N–H and O–H groups in total. The number of nitrogens with zero attached hydrogens (tertiary/aromatic N) is 2. The Hall–Kier alpha value is -1.66. The minimum Gasteiger partial charge on any atom is -0.249 e. The number of halogens is 2. The zero-order valence-corrected chi connectivity index (χ0v) is 15.2. The van der Waals surface area contributed by atoms with Crippen LogP contribution < -0.4 is 0 Å². The number of aryl methyl sites for hydroxylation is 2. The van der Waals surface area contributed by atoms with E-state index in [1.165, 1.54) is 34.8 Å². The average molecular weight is 364 g/mol. The van der Waals surface area contributed by atoms with Crippen molar-refractivity contribution in [3.63, 3.8) is 0 Å². The fourth-order valence-corrected chi connectivity index (χ4v) is 4.53. The molecule has 0 unspecified atom stereocenters. The Balaban J connectivity index is 1.95. The third kappa shape index (κ3) is 3.54. The van der Waals surface area contributed by atoms with Crippen LogP contribution in [-0.4, -0.2) is 9.97 Å². The minimum atomic E-state index is -0.427. The largest absolute Gasteiger partial charge is 0.249 e. The average Bonchev–Trinajstić information content (AvgIpc) is 3.20. The van der Waals surface area contributed by atoms with Gasteiger partial charge in [0.1, 0.15) is 11.6 Å². The monoisotopic (exact) mass is 364 g/mol. The van der Waals surface area contributed by atoms with E-state index in [2.05, 4.69) is 23.8 Å². The molecule has 2 nitrogen and oxygen atoms in total. The molecule has 0 bridgehead atoms. The van der Waals surface area contributed by atoms with Gasteiger partial charge in [-0.3, -0.25) is 0 Å². The number of thiazole rings is 2. The fourth-order valence-electron chi connectivity index (χ4n) is 2.45. The van der Waals surface area contributed by atoms with Gasteiger partial charge in [0, 0.05) is 23.5 Å². The van der Waals surface area contributed by atoms with Gasteiger partial charge in [0.25, 0.3) is 0 Å². The Morgan fingerprint density at radius 1 is 0.792 bits per heavy atom. The van der Waals surface area contributed by atoms with E-state index < -0.39 is 11.6 Å². The van der Waals surface area contributed by atoms with Gasteiger partial charge in [-0.1, -0.05) is 13.8 Å². The van der Waals surface area contributed by atoms with Crippen LogP contribution in [0.3, 0.4) is 0 Å². The molecule has 0 spiro atoms. The van der Waals surface area contributed by atoms with E-state index in [1.54, 1.807) is 12.4 Å². The van der Waals surface area contributed by atoms with Gasteiger partial charge in [-0.25, -0.2) is 18.7 Å². The summed E-state index contributed by atoms with van der Waals surface area (Å²) in [6.45, 7) is 4.13. The molecule has 0 radical (unpaired) electrons. The summed E-state index contributed by atoms with van der Waals surface area (Å²) in [6, 6.07) is 2.54. The van der Waals surface area contributed by atoms with Gasteiger partial charge < -0.3 is 0 Å². The van der Waals surface area contributed by atoms with Crippen LogP contribution in [0.4, 0.5) is 8.78 Å². The number of rotatable bonds is 6. The van der Waals surface area contributed by atoms with Crippen molar-refractivity contribution in [3.05, 3.63) is 46.2 Å². The summed E-state index contributed by atoms with van der Waals surface area (Å²) in [5, 5.41) is 1.89. The lowest BCUT2D eigenvalue weighted by molar-refractivity contribution is 0.606. The van der Waals surface area contributed by atoms with Gasteiger partial charge >= 0.3 is 0 Å². The molecule has 0 saturated heterocycles. The van der Waals surface area contributed by atoms with E-state index in [0.717, 1.165) is 35.7 Å². The predicted octanol–water partition coefficient (Wildman–Crippen LogP) is 6.12. The van der Waals surface area contributed by atoms with Crippen LogP contribution in [0.15, 0.2) is 24.5 Å². The van der Waals surface area contributed by atoms with E-state index in [9.17, 15) is 8.78 Å². The van der Waals surface area contributed by atoms with Gasteiger partial charge in [-0.05, 0) is 37.8 Å². The van der Waals surface area contributed by atoms with Gasteiger partial charge in [-0.15, -0.1) is 22.7 Å². The Morgan fingerprint density at radius 3 is 1.58 bits per heavy atom. The smallest absolute Gasteiger partial charge is 0.132 e. The van der Waals surface area contributed by atoms with Gasteiger partial charge in [0.15, 0.2) is 0 Å². The lowest BCUT2D eigenvalue weighted by Crippen LogP contribution is -1.89. The highest BCUT2D eigenvalue weighted by molar-refractivity contribution is 7.15. The van der Waals surface area contributed by atoms with Gasteiger partial charge in [-0.2, -0.15) is 0 Å². The summed E-state index contributed by atoms with van der Waals surface area (Å²) < 4.78 is 29.1. The van der Waals surface area contributed by atoms with Crippen LogP contribution in [0.25, 0.3) is 20.9 Å². The Kier molecular flexibility index (Phi) is 5.36. The molecule has 0 fully saturated rings. The van der Waals surface area contributed by atoms with E-state index in [4.69, 9.17) is 0 Å². The minimum absolute atomic E-state index is 0.273. The Labute approximate surface area is 148 Å². The highest BCUT2D eigenvalue weighted by Crippen LogP contribution is 2.35. The van der Waals surface area contributed by atoms with E-state index in [0.29, 0.717) is 9.75 Å². The quantitative estimate of drug-likeness (QED) is 0.527. The van der Waals surface area contributed by atoms with Crippen molar-refractivity contribution < 1.29 is 8.78 Å². The first-order valence-corrected chi connectivity index (χ1v) is 9.64. The van der Waals surface area contributed by atoms with Crippen molar-refractivity contribution in [1.29, 1.82) is 0 Å². The van der Waals surface area contributed by atoms with Crippen molar-refractivity contribution in [2.75, 3.05) is 0 Å². The first kappa shape index (κ1) is 17.2. The standard InChI is InChI=1S/C18H18F2N2S2/c1-3-5-17-21-9-15(23-17)11-7-14(20)12(8-13(11)19)16-10-22-18(24-16)6-4-2/h7-10H,3-6H2,1-2H3. The summed E-state index contributed by atoms with van der Waals surface area (Å²) >= 11 is 2.84. The van der Waals surface area contributed by atoms with Crippen LogP contribution >= 0.6 is 22.7 Å². The summed E-state index contributed by atoms with van der Waals surface area (Å²) in [5.41, 5.74) is 0.545. The number of aromatic nitrogens is 2. The second-order valence-corrected chi connectivity index (χ2v) is 7.78. The number of hydrogen-bond donors (Lipinski definition) is 0. The summed E-state index contributed by atoms with van der Waals surface area (Å²) in [5.74, 6) is -0.855. The molecule has 0 amide bonds. The van der Waals surface area contributed by atoms with Crippen LogP contribution in [0.5, 0.6) is 0 Å². The first-order chi connectivity index (χ1) is 11.6. The van der Waals surface area contributed by atoms with E-state index >= 15 is 0 Å². The molecule has 0 aliphatic heterocycles. The van der Waals surface area contributed by atoms with Crippen molar-refractivity contribution in [3.8, 4) is 20.9 Å². The normalized spacial score (nSPS) is 11.2. The first-order valence-electron chi connectivity index (χ1n) is 8.01. The lowest BCUT2D eigenvalue weighted by Gasteiger charge is -2.05. The molecule has 24 heavy (non-hydrogen) atoms. The second kappa shape index (κ2) is 7.49. The maximum atomic E-state index is 14.5. The third-order valence-electron chi connectivity index (χ3n) is 3.62. The summed E-state index contributed by atoms with van der Waals surface area (Å²) in [4.78, 5) is 9.89. The number of hydrogen-bond acceptors (Lipinski definition) is 4. The molecule has 6 heteroatoms. The van der Waals surface area contributed by atoms with Crippen molar-refractivity contribution >= 4 is 22.7 Å². The molecule has 1 aromatic carbocycles. The molecule has 0 saturated carbocycles. The molecule has 0 atom stereocenters. The topological polar surface area (TPSA) is 25.8 Å². The highest BCUT2D eigenvalue weighted by Gasteiger charge is 2.16. The fraction of sp³-hybridized carbons (Fsp3) is 0.333. The predicted molar refractivity (Wildman–Crippen MR) is 96.6 cm³/mol. The Morgan fingerprint density at radius 2 is 1.21 bits per heavy atom. The van der Waals surface area contributed by atoms with Crippen molar-refractivity contribution in [2.24, 2.45) is 0 Å². The van der Waals surface area contributed by atoms with Crippen LogP contribution in [-0.2, 0) is 12.8 Å². The SMILES string of the molecule is CCCc1ncc(-c2cc(F)c(-c3cnc(CCC)s3)cc2F)s1. The molecule has 0 aliphatic rings. The zero-order chi connectivity index (χ0) is 17.1. The third-order valence-corrected chi connectivity index (χ3v) is 5.80. The zero-order valence-electron chi connectivity index (χ0n) is 13.6. The second-order valence-electron chi connectivity index (χ2n) is 5.55. The molecule has 2 aromatic heterocycles. The van der Waals surface area contributed by atoms with Crippen molar-refractivity contribution in [2.45, 2.75) is 39.5 Å². The highest BCUT2D eigenvalue weighted by atomic mass is 32.1. The lowest BCUT2D eigenvalue weighted by atomic mass is 10.1. The van der Waals surface area contributed by atoms with E-state index in [-0.39, 0.29) is 11.1 Å². The number of benzene rings is 1. The maximum absolute atomic E-state index is 14.5. The van der Waals surface area contributed by atoms with Crippen LogP contribution in [0, 0.1) is 11.6 Å². The van der Waals surface area contributed by atoms with Crippen molar-refractivity contribution in [1.82, 2.24) is 9.97 Å². The Bertz CT molecular complexity index is 769. The maximum Gasteiger partial charge on any atom is 0.132 e. The summed E-state index contributed by atoms with van der Waals surface area (Å²) in [6.07, 6.45) is 6.92.